The van der Waals surface area contributed by atoms with E-state index in [9.17, 15) is 14.5 Å². The smallest absolute Gasteiger partial charge is 0.269 e. The zero-order valence-electron chi connectivity index (χ0n) is 11.8. The number of aromatic nitrogens is 1. The minimum absolute atomic E-state index is 0.00727. The van der Waals surface area contributed by atoms with Gasteiger partial charge >= 0.3 is 0 Å². The van der Waals surface area contributed by atoms with E-state index in [0.29, 0.717) is 22.0 Å². The fourth-order valence-electron chi connectivity index (χ4n) is 1.95. The molecule has 0 amide bonds. The fourth-order valence-corrected chi connectivity index (χ4v) is 2.78. The average molecular weight is 330 g/mol. The first-order chi connectivity index (χ1) is 11.1. The molecule has 116 valence electrons. The van der Waals surface area contributed by atoms with Crippen molar-refractivity contribution in [1.29, 1.82) is 0 Å². The van der Waals surface area contributed by atoms with E-state index in [2.05, 4.69) is 4.98 Å². The molecule has 0 unspecified atom stereocenters. The number of nitrogens with zero attached hydrogens (tertiary/aromatic N) is 2. The van der Waals surface area contributed by atoms with Gasteiger partial charge in [0.25, 0.3) is 5.69 Å². The van der Waals surface area contributed by atoms with Crippen molar-refractivity contribution in [3.05, 3.63) is 75.5 Å². The van der Waals surface area contributed by atoms with Gasteiger partial charge < -0.3 is 4.74 Å². The van der Waals surface area contributed by atoms with Gasteiger partial charge in [0.05, 0.1) is 10.6 Å². The Bertz CT molecular complexity index is 833. The van der Waals surface area contributed by atoms with Crippen molar-refractivity contribution in [2.75, 3.05) is 0 Å². The summed E-state index contributed by atoms with van der Waals surface area (Å²) in [6.45, 7) is 0.211. The van der Waals surface area contributed by atoms with Crippen molar-refractivity contribution in [3.8, 4) is 16.3 Å². The predicted octanol–water partition coefficient (Wildman–Crippen LogP) is 4.44. The highest BCUT2D eigenvalue weighted by Crippen LogP contribution is 2.26. The van der Waals surface area contributed by atoms with Crippen molar-refractivity contribution >= 4 is 17.0 Å². The highest BCUT2D eigenvalue weighted by atomic mass is 32.1. The molecule has 0 fully saturated rings. The summed E-state index contributed by atoms with van der Waals surface area (Å²) in [5.41, 5.74) is 1.14. The van der Waals surface area contributed by atoms with Gasteiger partial charge in [-0.2, -0.15) is 0 Å². The molecule has 0 spiro atoms. The van der Waals surface area contributed by atoms with Crippen LogP contribution in [-0.4, -0.2) is 9.91 Å². The summed E-state index contributed by atoms with van der Waals surface area (Å²) >= 11 is 1.34. The van der Waals surface area contributed by atoms with Gasteiger partial charge in [-0.15, -0.1) is 11.3 Å². The van der Waals surface area contributed by atoms with E-state index in [1.165, 1.54) is 41.7 Å². The van der Waals surface area contributed by atoms with Crippen LogP contribution in [-0.2, 0) is 6.61 Å². The second kappa shape index (κ2) is 6.53. The van der Waals surface area contributed by atoms with Crippen molar-refractivity contribution in [2.24, 2.45) is 0 Å². The number of hydrogen-bond donors (Lipinski definition) is 0. The fraction of sp³-hybridized carbons (Fsp3) is 0.0625. The van der Waals surface area contributed by atoms with Crippen molar-refractivity contribution in [2.45, 2.75) is 6.61 Å². The van der Waals surface area contributed by atoms with Gasteiger partial charge in [-0.1, -0.05) is 12.1 Å². The molecule has 0 saturated heterocycles. The molecule has 5 nitrogen and oxygen atoms in total. The zero-order valence-corrected chi connectivity index (χ0v) is 12.6. The first kappa shape index (κ1) is 15.1. The predicted molar refractivity (Wildman–Crippen MR) is 84.9 cm³/mol. The zero-order chi connectivity index (χ0) is 16.2. The number of benzene rings is 2. The van der Waals surface area contributed by atoms with Crippen LogP contribution in [0.25, 0.3) is 10.6 Å². The van der Waals surface area contributed by atoms with E-state index in [1.54, 1.807) is 23.6 Å². The summed E-state index contributed by atoms with van der Waals surface area (Å²) in [6.07, 6.45) is 0. The lowest BCUT2D eigenvalue weighted by Crippen LogP contribution is -1.96. The van der Waals surface area contributed by atoms with Crippen LogP contribution in [0, 0.1) is 15.9 Å². The SMILES string of the molecule is O=[N+]([O-])c1ccc(OCc2csc(-c3ccccc3F)n2)cc1. The third kappa shape index (κ3) is 3.51. The molecule has 1 aromatic heterocycles. The van der Waals surface area contributed by atoms with Gasteiger partial charge in [0, 0.05) is 23.1 Å². The number of nitro benzene ring substituents is 1. The first-order valence-corrected chi connectivity index (χ1v) is 7.58. The molecule has 0 saturated carbocycles. The Kier molecular flexibility index (Phi) is 4.29. The van der Waals surface area contributed by atoms with Crippen LogP contribution in [0.4, 0.5) is 10.1 Å². The van der Waals surface area contributed by atoms with Crippen LogP contribution in [0.2, 0.25) is 0 Å². The van der Waals surface area contributed by atoms with E-state index in [0.717, 1.165) is 0 Å². The van der Waals surface area contributed by atoms with E-state index in [4.69, 9.17) is 4.74 Å². The Morgan fingerprint density at radius 1 is 1.17 bits per heavy atom. The van der Waals surface area contributed by atoms with Gasteiger partial charge in [-0.3, -0.25) is 10.1 Å². The molecule has 0 aliphatic rings. The summed E-state index contributed by atoms with van der Waals surface area (Å²) in [4.78, 5) is 14.5. The normalized spacial score (nSPS) is 10.5. The number of non-ortho nitro benzene ring substituents is 1. The van der Waals surface area contributed by atoms with Crippen LogP contribution in [0.15, 0.2) is 53.9 Å². The molecular weight excluding hydrogens is 319 g/mol. The van der Waals surface area contributed by atoms with Gasteiger partial charge in [0.1, 0.15) is 23.2 Å². The molecule has 0 aliphatic carbocycles. The lowest BCUT2D eigenvalue weighted by molar-refractivity contribution is -0.384. The van der Waals surface area contributed by atoms with Gasteiger partial charge in [0.2, 0.25) is 0 Å². The monoisotopic (exact) mass is 330 g/mol. The standard InChI is InChI=1S/C16H11FN2O3S/c17-15-4-2-1-3-14(15)16-18-11(10-23-16)9-22-13-7-5-12(6-8-13)19(20)21/h1-8,10H,9H2. The van der Waals surface area contributed by atoms with E-state index >= 15 is 0 Å². The Morgan fingerprint density at radius 2 is 1.91 bits per heavy atom. The average Bonchev–Trinajstić information content (AvgIpc) is 3.02. The largest absolute Gasteiger partial charge is 0.487 e. The molecule has 3 aromatic rings. The van der Waals surface area contributed by atoms with E-state index in [-0.39, 0.29) is 18.1 Å². The number of halogens is 1. The third-order valence-corrected chi connectivity index (χ3v) is 4.01. The van der Waals surface area contributed by atoms with Crippen LogP contribution in [0.1, 0.15) is 5.69 Å². The topological polar surface area (TPSA) is 65.3 Å². The molecule has 0 bridgehead atoms. The minimum Gasteiger partial charge on any atom is -0.487 e. The molecule has 0 radical (unpaired) electrons. The summed E-state index contributed by atoms with van der Waals surface area (Å²) in [5, 5.41) is 13.0. The summed E-state index contributed by atoms with van der Waals surface area (Å²) in [7, 11) is 0. The molecule has 2 aromatic carbocycles. The van der Waals surface area contributed by atoms with Crippen LogP contribution in [0.5, 0.6) is 5.75 Å². The van der Waals surface area contributed by atoms with E-state index < -0.39 is 4.92 Å². The molecule has 7 heteroatoms. The highest BCUT2D eigenvalue weighted by molar-refractivity contribution is 7.13. The Morgan fingerprint density at radius 3 is 2.61 bits per heavy atom. The summed E-state index contributed by atoms with van der Waals surface area (Å²) in [5.74, 6) is 0.195. The molecule has 23 heavy (non-hydrogen) atoms. The quantitative estimate of drug-likeness (QED) is 0.512. The molecule has 1 heterocycles. The maximum atomic E-state index is 13.7. The number of rotatable bonds is 5. The maximum Gasteiger partial charge on any atom is 0.269 e. The molecule has 0 N–H and O–H groups in total. The summed E-state index contributed by atoms with van der Waals surface area (Å²) < 4.78 is 19.3. The highest BCUT2D eigenvalue weighted by Gasteiger charge is 2.10. The first-order valence-electron chi connectivity index (χ1n) is 6.70. The molecule has 0 atom stereocenters. The molecular formula is C16H11FN2O3S. The Labute approximate surface area is 135 Å². The molecule has 3 rings (SSSR count). The number of hydrogen-bond acceptors (Lipinski definition) is 5. The Balaban J connectivity index is 1.68. The van der Waals surface area contributed by atoms with Crippen molar-refractivity contribution in [1.82, 2.24) is 4.98 Å². The summed E-state index contributed by atoms with van der Waals surface area (Å²) in [6, 6.07) is 12.3. The second-order valence-corrected chi connectivity index (χ2v) is 5.52. The number of nitro groups is 1. The van der Waals surface area contributed by atoms with Crippen LogP contribution >= 0.6 is 11.3 Å². The van der Waals surface area contributed by atoms with E-state index in [1.807, 2.05) is 0 Å². The third-order valence-electron chi connectivity index (χ3n) is 3.09. The minimum atomic E-state index is -0.467. The van der Waals surface area contributed by atoms with Crippen LogP contribution < -0.4 is 4.74 Å². The maximum absolute atomic E-state index is 13.7. The lowest BCUT2D eigenvalue weighted by atomic mass is 10.2. The van der Waals surface area contributed by atoms with Gasteiger partial charge in [-0.25, -0.2) is 9.37 Å². The van der Waals surface area contributed by atoms with Crippen molar-refractivity contribution < 1.29 is 14.1 Å². The van der Waals surface area contributed by atoms with Gasteiger partial charge in [-0.05, 0) is 24.3 Å². The second-order valence-electron chi connectivity index (χ2n) is 4.66. The van der Waals surface area contributed by atoms with Crippen LogP contribution in [0.3, 0.4) is 0 Å². The Hall–Kier alpha value is -2.80. The van der Waals surface area contributed by atoms with Gasteiger partial charge in [0.15, 0.2) is 0 Å². The number of ether oxygens (including phenoxy) is 1. The number of thiazole rings is 1. The lowest BCUT2D eigenvalue weighted by Gasteiger charge is -2.03. The molecule has 0 aliphatic heterocycles. The van der Waals surface area contributed by atoms with Crippen molar-refractivity contribution in [3.63, 3.8) is 0 Å².